The zero-order valence-corrected chi connectivity index (χ0v) is 21.1. The zero-order valence-electron chi connectivity index (χ0n) is 19.5. The number of benzene rings is 2. The molecule has 0 aliphatic carbocycles. The number of halogens is 1. The first-order valence-corrected chi connectivity index (χ1v) is 12.7. The van der Waals surface area contributed by atoms with Crippen LogP contribution in [0.25, 0.3) is 10.9 Å². The van der Waals surface area contributed by atoms with Gasteiger partial charge in [0.1, 0.15) is 11.5 Å². The third kappa shape index (κ3) is 4.76. The van der Waals surface area contributed by atoms with Crippen molar-refractivity contribution in [2.75, 3.05) is 20.3 Å². The third-order valence-electron chi connectivity index (χ3n) is 6.34. The zero-order chi connectivity index (χ0) is 25.2. The average Bonchev–Trinajstić information content (AvgIpc) is 3.52. The van der Waals surface area contributed by atoms with E-state index in [-0.39, 0.29) is 5.91 Å². The summed E-state index contributed by atoms with van der Waals surface area (Å²) < 4.78 is 10.9. The maximum atomic E-state index is 13.6. The number of H-pyrrole nitrogens is 1. The first-order chi connectivity index (χ1) is 17.4. The molecule has 36 heavy (non-hydrogen) atoms. The van der Waals surface area contributed by atoms with Gasteiger partial charge in [-0.1, -0.05) is 11.6 Å². The van der Waals surface area contributed by atoms with E-state index in [1.165, 1.54) is 11.3 Å². The number of hydrogen-bond acceptors (Lipinski definition) is 6. The van der Waals surface area contributed by atoms with Crippen LogP contribution in [0.1, 0.15) is 34.2 Å². The number of amides is 1. The number of aromatic nitrogens is 2. The number of carboxylic acid groups (broad SMARTS) is 1. The second-order valence-corrected chi connectivity index (χ2v) is 9.82. The van der Waals surface area contributed by atoms with Crippen molar-refractivity contribution in [3.05, 3.63) is 74.8 Å². The summed E-state index contributed by atoms with van der Waals surface area (Å²) in [6, 6.07) is 10.4. The normalized spacial score (nSPS) is 15.1. The third-order valence-corrected chi connectivity index (χ3v) is 7.50. The lowest BCUT2D eigenvalue weighted by Crippen LogP contribution is -2.40. The van der Waals surface area contributed by atoms with E-state index in [0.717, 1.165) is 32.8 Å². The number of aromatic amines is 1. The van der Waals surface area contributed by atoms with Crippen molar-refractivity contribution in [3.8, 4) is 11.5 Å². The summed E-state index contributed by atoms with van der Waals surface area (Å²) in [6.07, 6.45) is 3.45. The molecule has 0 spiro atoms. The minimum Gasteiger partial charge on any atom is -0.497 e. The van der Waals surface area contributed by atoms with E-state index in [2.05, 4.69) is 9.97 Å². The fraction of sp³-hybridized carbons (Fsp3) is 0.269. The van der Waals surface area contributed by atoms with Gasteiger partial charge in [-0.05, 0) is 48.4 Å². The SMILES string of the molecule is COc1ccc2[nH]cc(CCC(=O)N3CCc4ncsc4C3c3cc(Cl)ccc3OCC(=O)O)c2c1. The van der Waals surface area contributed by atoms with Gasteiger partial charge >= 0.3 is 5.97 Å². The Morgan fingerprint density at radius 1 is 1.28 bits per heavy atom. The van der Waals surface area contributed by atoms with E-state index in [1.54, 1.807) is 30.8 Å². The summed E-state index contributed by atoms with van der Waals surface area (Å²) in [5.41, 5.74) is 5.38. The summed E-state index contributed by atoms with van der Waals surface area (Å²) in [7, 11) is 1.63. The molecular formula is C26H24ClN3O5S. The summed E-state index contributed by atoms with van der Waals surface area (Å²) in [5.74, 6) is 0.0506. The van der Waals surface area contributed by atoms with Crippen molar-refractivity contribution in [3.63, 3.8) is 0 Å². The standard InChI is InChI=1S/C26H24ClN3O5S/c1-34-17-4-5-20-18(11-17)15(12-28-20)2-7-23(31)30-9-8-21-26(36-14-29-21)25(30)19-10-16(27)3-6-22(19)35-13-24(32)33/h3-6,10-12,14,25,28H,2,7-9,13H2,1H3,(H,32,33). The smallest absolute Gasteiger partial charge is 0.341 e. The number of aliphatic carboxylic acids is 1. The van der Waals surface area contributed by atoms with E-state index < -0.39 is 18.6 Å². The summed E-state index contributed by atoms with van der Waals surface area (Å²) in [5, 5.41) is 10.6. The van der Waals surface area contributed by atoms with Gasteiger partial charge in [0.05, 0.1) is 29.2 Å². The maximum Gasteiger partial charge on any atom is 0.341 e. The molecule has 2 aromatic heterocycles. The fourth-order valence-electron chi connectivity index (χ4n) is 4.64. The van der Waals surface area contributed by atoms with E-state index in [0.29, 0.717) is 42.1 Å². The molecule has 0 bridgehead atoms. The maximum absolute atomic E-state index is 13.6. The quantitative estimate of drug-likeness (QED) is 0.340. The van der Waals surface area contributed by atoms with E-state index in [4.69, 9.17) is 26.2 Å². The predicted octanol–water partition coefficient (Wildman–Crippen LogP) is 4.86. The predicted molar refractivity (Wildman–Crippen MR) is 137 cm³/mol. The van der Waals surface area contributed by atoms with Gasteiger partial charge in [0.15, 0.2) is 6.61 Å². The molecule has 5 rings (SSSR count). The lowest BCUT2D eigenvalue weighted by Gasteiger charge is -2.36. The van der Waals surface area contributed by atoms with Crippen LogP contribution >= 0.6 is 22.9 Å². The van der Waals surface area contributed by atoms with Gasteiger partial charge < -0.3 is 24.5 Å². The van der Waals surface area contributed by atoms with Gasteiger partial charge in [0, 0.05) is 47.1 Å². The van der Waals surface area contributed by atoms with Crippen LogP contribution in [0.2, 0.25) is 5.02 Å². The molecule has 1 aliphatic heterocycles. The number of rotatable bonds is 8. The molecule has 0 saturated heterocycles. The molecule has 0 fully saturated rings. The molecule has 186 valence electrons. The van der Waals surface area contributed by atoms with Gasteiger partial charge in [-0.2, -0.15) is 0 Å². The van der Waals surface area contributed by atoms with E-state index in [9.17, 15) is 9.59 Å². The van der Waals surface area contributed by atoms with Gasteiger partial charge in [-0.3, -0.25) is 4.79 Å². The van der Waals surface area contributed by atoms with Gasteiger partial charge in [0.2, 0.25) is 5.91 Å². The van der Waals surface area contributed by atoms with Crippen molar-refractivity contribution in [1.82, 2.24) is 14.9 Å². The number of carboxylic acids is 1. The molecule has 3 heterocycles. The summed E-state index contributed by atoms with van der Waals surface area (Å²) in [4.78, 5) is 35.3. The Kier molecular flexibility index (Phi) is 6.84. The topological polar surface area (TPSA) is 105 Å². The van der Waals surface area contributed by atoms with Gasteiger partial charge in [0.25, 0.3) is 0 Å². The highest BCUT2D eigenvalue weighted by molar-refractivity contribution is 7.09. The van der Waals surface area contributed by atoms with Crippen LogP contribution in [0, 0.1) is 0 Å². The van der Waals surface area contributed by atoms with Crippen molar-refractivity contribution in [1.29, 1.82) is 0 Å². The number of carbonyl (C=O) groups is 2. The lowest BCUT2D eigenvalue weighted by atomic mass is 9.95. The first-order valence-electron chi connectivity index (χ1n) is 11.4. The average molecular weight is 526 g/mol. The van der Waals surface area contributed by atoms with Crippen molar-refractivity contribution >= 4 is 45.7 Å². The van der Waals surface area contributed by atoms with Crippen LogP contribution in [-0.2, 0) is 22.4 Å². The monoisotopic (exact) mass is 525 g/mol. The first kappa shape index (κ1) is 24.1. The number of aryl methyl sites for hydroxylation is 1. The highest BCUT2D eigenvalue weighted by Gasteiger charge is 2.35. The minimum absolute atomic E-state index is 0.0135. The molecule has 4 aromatic rings. The van der Waals surface area contributed by atoms with Crippen LogP contribution in [0.15, 0.2) is 48.1 Å². The van der Waals surface area contributed by atoms with Crippen LogP contribution in [-0.4, -0.2) is 52.1 Å². The Labute approximate surface area is 216 Å². The lowest BCUT2D eigenvalue weighted by molar-refractivity contribution is -0.139. The number of nitrogens with zero attached hydrogens (tertiary/aromatic N) is 2. The van der Waals surface area contributed by atoms with E-state index >= 15 is 0 Å². The molecule has 2 N–H and O–H groups in total. The molecule has 1 unspecified atom stereocenters. The Bertz CT molecular complexity index is 1430. The molecule has 2 aromatic carbocycles. The van der Waals surface area contributed by atoms with Crippen molar-refractivity contribution in [2.45, 2.75) is 25.3 Å². The second kappa shape index (κ2) is 10.2. The molecule has 1 amide bonds. The highest BCUT2D eigenvalue weighted by Crippen LogP contribution is 2.42. The molecule has 0 saturated carbocycles. The molecular weight excluding hydrogens is 502 g/mol. The number of carbonyl (C=O) groups excluding carboxylic acids is 1. The van der Waals surface area contributed by atoms with Gasteiger partial charge in [-0.15, -0.1) is 11.3 Å². The minimum atomic E-state index is -1.08. The van der Waals surface area contributed by atoms with Crippen LogP contribution in [0.3, 0.4) is 0 Å². The van der Waals surface area contributed by atoms with E-state index in [1.807, 2.05) is 29.3 Å². The molecule has 10 heteroatoms. The van der Waals surface area contributed by atoms with Crippen LogP contribution < -0.4 is 9.47 Å². The molecule has 0 radical (unpaired) electrons. The van der Waals surface area contributed by atoms with Crippen LogP contribution in [0.4, 0.5) is 0 Å². The number of hydrogen-bond donors (Lipinski definition) is 2. The largest absolute Gasteiger partial charge is 0.497 e. The number of methoxy groups -OCH3 is 1. The van der Waals surface area contributed by atoms with Gasteiger partial charge in [-0.25, -0.2) is 9.78 Å². The number of thiazole rings is 1. The Morgan fingerprint density at radius 3 is 2.94 bits per heavy atom. The molecule has 8 nitrogen and oxygen atoms in total. The Balaban J connectivity index is 1.44. The second-order valence-electron chi connectivity index (χ2n) is 8.49. The number of nitrogens with one attached hydrogen (secondary N) is 1. The summed E-state index contributed by atoms with van der Waals surface area (Å²) in [6.45, 7) is 0.00168. The summed E-state index contributed by atoms with van der Waals surface area (Å²) >= 11 is 7.81. The fourth-order valence-corrected chi connectivity index (χ4v) is 5.79. The molecule has 1 atom stereocenters. The number of fused-ring (bicyclic) bond motifs is 2. The number of ether oxygens (including phenoxy) is 2. The van der Waals surface area contributed by atoms with Crippen molar-refractivity contribution in [2.24, 2.45) is 0 Å². The molecule has 1 aliphatic rings. The Hall–Kier alpha value is -3.56. The van der Waals surface area contributed by atoms with Crippen LogP contribution in [0.5, 0.6) is 11.5 Å². The highest BCUT2D eigenvalue weighted by atomic mass is 35.5. The van der Waals surface area contributed by atoms with Crippen molar-refractivity contribution < 1.29 is 24.2 Å². The Morgan fingerprint density at radius 2 is 2.14 bits per heavy atom.